The van der Waals surface area contributed by atoms with Gasteiger partial charge in [0.2, 0.25) is 0 Å². The Bertz CT molecular complexity index is 352. The Balaban J connectivity index is 2.39. The van der Waals surface area contributed by atoms with E-state index in [2.05, 4.69) is 15.1 Å². The lowest BCUT2D eigenvalue weighted by atomic mass is 10.1. The summed E-state index contributed by atoms with van der Waals surface area (Å²) in [7, 11) is 4.09. The Morgan fingerprint density at radius 1 is 1.19 bits per heavy atom. The molecule has 2 N–H and O–H groups in total. The third-order valence-corrected chi connectivity index (χ3v) is 3.73. The minimum Gasteiger partial charge on any atom is -0.480 e. The summed E-state index contributed by atoms with van der Waals surface area (Å²) in [4.78, 5) is 29.4. The highest BCUT2D eigenvalue weighted by molar-refractivity contribution is 5.82. The van der Waals surface area contributed by atoms with Crippen molar-refractivity contribution >= 4 is 12.0 Å². The van der Waals surface area contributed by atoms with Crippen molar-refractivity contribution < 1.29 is 14.7 Å². The summed E-state index contributed by atoms with van der Waals surface area (Å²) >= 11 is 0. The maximum Gasteiger partial charge on any atom is 0.326 e. The third kappa shape index (κ3) is 5.89. The van der Waals surface area contributed by atoms with Gasteiger partial charge in [0.25, 0.3) is 0 Å². The van der Waals surface area contributed by atoms with Crippen molar-refractivity contribution in [2.45, 2.75) is 19.9 Å². The van der Waals surface area contributed by atoms with Crippen molar-refractivity contribution in [3.8, 4) is 0 Å². The minimum atomic E-state index is -0.983. The zero-order chi connectivity index (χ0) is 16.0. The molecule has 0 aliphatic carbocycles. The number of likely N-dealkylation sites (N-methyl/N-ethyl adjacent to an activating group) is 1. The quantitative estimate of drug-likeness (QED) is 0.721. The Kier molecular flexibility index (Phi) is 6.91. The highest BCUT2D eigenvalue weighted by Crippen LogP contribution is 2.06. The molecule has 122 valence electrons. The van der Waals surface area contributed by atoms with E-state index in [0.717, 1.165) is 26.2 Å². The van der Waals surface area contributed by atoms with Crippen LogP contribution in [0.5, 0.6) is 0 Å². The highest BCUT2D eigenvalue weighted by Gasteiger charge is 2.27. The van der Waals surface area contributed by atoms with Crippen molar-refractivity contribution in [1.29, 1.82) is 0 Å². The van der Waals surface area contributed by atoms with Crippen molar-refractivity contribution in [2.75, 3.05) is 53.4 Å². The van der Waals surface area contributed by atoms with E-state index in [4.69, 9.17) is 5.11 Å². The summed E-state index contributed by atoms with van der Waals surface area (Å²) in [5, 5.41) is 11.7. The lowest BCUT2D eigenvalue weighted by Crippen LogP contribution is -2.56. The van der Waals surface area contributed by atoms with Gasteiger partial charge in [-0.1, -0.05) is 13.8 Å². The van der Waals surface area contributed by atoms with Crippen LogP contribution in [-0.4, -0.2) is 91.2 Å². The number of carboxylic acid groups (broad SMARTS) is 1. The molecule has 0 bridgehead atoms. The number of urea groups is 1. The molecule has 0 aromatic rings. The Hall–Kier alpha value is -1.34. The van der Waals surface area contributed by atoms with Crippen LogP contribution < -0.4 is 5.32 Å². The van der Waals surface area contributed by atoms with Crippen LogP contribution in [0.25, 0.3) is 0 Å². The molecular weight excluding hydrogens is 272 g/mol. The molecule has 1 aliphatic rings. The molecule has 1 rings (SSSR count). The van der Waals surface area contributed by atoms with Gasteiger partial charge in [-0.25, -0.2) is 9.59 Å². The topological polar surface area (TPSA) is 76.1 Å². The lowest BCUT2D eigenvalue weighted by molar-refractivity contribution is -0.140. The van der Waals surface area contributed by atoms with Gasteiger partial charge in [0, 0.05) is 39.3 Å². The molecule has 0 saturated carbocycles. The van der Waals surface area contributed by atoms with Crippen LogP contribution in [0.3, 0.4) is 0 Å². The summed E-state index contributed by atoms with van der Waals surface area (Å²) < 4.78 is 0. The molecule has 1 aliphatic heterocycles. The number of carbonyl (C=O) groups is 2. The molecular formula is C14H28N4O3. The fourth-order valence-corrected chi connectivity index (χ4v) is 2.25. The average Bonchev–Trinajstić information content (AvgIpc) is 2.42. The van der Waals surface area contributed by atoms with Crippen LogP contribution >= 0.6 is 0 Å². The maximum atomic E-state index is 12.1. The number of piperazine rings is 1. The number of carboxylic acids is 1. The molecule has 0 radical (unpaired) electrons. The first-order valence-electron chi connectivity index (χ1n) is 7.46. The van der Waals surface area contributed by atoms with Crippen LogP contribution in [0.15, 0.2) is 0 Å². The number of hydrogen-bond donors (Lipinski definition) is 2. The number of amides is 2. The smallest absolute Gasteiger partial charge is 0.326 e. The van der Waals surface area contributed by atoms with Crippen LogP contribution in [-0.2, 0) is 4.79 Å². The van der Waals surface area contributed by atoms with Crippen molar-refractivity contribution in [1.82, 2.24) is 20.0 Å². The van der Waals surface area contributed by atoms with E-state index in [1.54, 1.807) is 18.7 Å². The molecule has 0 aromatic heterocycles. The number of nitrogens with zero attached hydrogens (tertiary/aromatic N) is 3. The molecule has 1 heterocycles. The van der Waals surface area contributed by atoms with Crippen molar-refractivity contribution in [3.63, 3.8) is 0 Å². The normalized spacial score (nSPS) is 18.1. The van der Waals surface area contributed by atoms with Gasteiger partial charge in [0.15, 0.2) is 0 Å². The van der Waals surface area contributed by atoms with Crippen molar-refractivity contribution in [2.24, 2.45) is 5.92 Å². The fourth-order valence-electron chi connectivity index (χ4n) is 2.25. The zero-order valence-electron chi connectivity index (χ0n) is 13.5. The van der Waals surface area contributed by atoms with Gasteiger partial charge in [-0.15, -0.1) is 0 Å². The van der Waals surface area contributed by atoms with Gasteiger partial charge < -0.3 is 20.2 Å². The first-order chi connectivity index (χ1) is 9.81. The number of rotatable bonds is 6. The van der Waals surface area contributed by atoms with Crippen LogP contribution in [0.2, 0.25) is 0 Å². The summed E-state index contributed by atoms with van der Waals surface area (Å²) in [6, 6.07) is -1.10. The van der Waals surface area contributed by atoms with Gasteiger partial charge in [-0.05, 0) is 20.0 Å². The van der Waals surface area contributed by atoms with Gasteiger partial charge in [-0.3, -0.25) is 4.90 Å². The predicted molar refractivity (Wildman–Crippen MR) is 81.4 cm³/mol. The Morgan fingerprint density at radius 3 is 2.19 bits per heavy atom. The maximum absolute atomic E-state index is 12.1. The molecule has 0 spiro atoms. The highest BCUT2D eigenvalue weighted by atomic mass is 16.4. The van der Waals surface area contributed by atoms with Gasteiger partial charge in [0.1, 0.15) is 6.04 Å². The Labute approximate surface area is 126 Å². The first kappa shape index (κ1) is 17.7. The van der Waals surface area contributed by atoms with Crippen molar-refractivity contribution in [3.05, 3.63) is 0 Å². The van der Waals surface area contributed by atoms with Crippen LogP contribution in [0.4, 0.5) is 4.79 Å². The van der Waals surface area contributed by atoms with Gasteiger partial charge in [0.05, 0.1) is 0 Å². The van der Waals surface area contributed by atoms with Gasteiger partial charge >= 0.3 is 12.0 Å². The predicted octanol–water partition coefficient (Wildman–Crippen LogP) is -0.0156. The van der Waals surface area contributed by atoms with E-state index in [1.807, 2.05) is 14.1 Å². The number of carbonyl (C=O) groups excluding carboxylic acids is 1. The second-order valence-electron chi connectivity index (χ2n) is 6.14. The summed E-state index contributed by atoms with van der Waals surface area (Å²) in [5.74, 6) is -1.12. The van der Waals surface area contributed by atoms with Crippen LogP contribution in [0.1, 0.15) is 13.8 Å². The zero-order valence-corrected chi connectivity index (χ0v) is 13.5. The molecule has 2 amide bonds. The third-order valence-electron chi connectivity index (χ3n) is 3.73. The lowest BCUT2D eigenvalue weighted by Gasteiger charge is -2.35. The van der Waals surface area contributed by atoms with E-state index in [0.29, 0.717) is 13.1 Å². The fraction of sp³-hybridized carbons (Fsp3) is 0.857. The van der Waals surface area contributed by atoms with E-state index >= 15 is 0 Å². The number of hydrogen-bond acceptors (Lipinski definition) is 4. The summed E-state index contributed by atoms with van der Waals surface area (Å²) in [6.45, 7) is 8.53. The number of nitrogens with one attached hydrogen (secondary N) is 1. The molecule has 0 aromatic carbocycles. The molecule has 7 heteroatoms. The monoisotopic (exact) mass is 300 g/mol. The largest absolute Gasteiger partial charge is 0.480 e. The second-order valence-corrected chi connectivity index (χ2v) is 6.14. The molecule has 1 unspecified atom stereocenters. The first-order valence-corrected chi connectivity index (χ1v) is 7.46. The second kappa shape index (κ2) is 8.19. The van der Waals surface area contributed by atoms with E-state index < -0.39 is 12.0 Å². The average molecular weight is 300 g/mol. The van der Waals surface area contributed by atoms with E-state index in [-0.39, 0.29) is 11.9 Å². The molecule has 1 saturated heterocycles. The molecule has 1 atom stereocenters. The van der Waals surface area contributed by atoms with Gasteiger partial charge in [-0.2, -0.15) is 0 Å². The molecule has 1 fully saturated rings. The molecule has 7 nitrogen and oxygen atoms in total. The minimum absolute atomic E-state index is 0.132. The Morgan fingerprint density at radius 2 is 1.76 bits per heavy atom. The summed E-state index contributed by atoms with van der Waals surface area (Å²) in [6.07, 6.45) is 0. The standard InChI is InChI=1S/C14H28N4O3/c1-11(2)12(13(19)20)15-14(21)18-9-7-17(8-10-18)6-5-16(3)4/h11-12H,5-10H2,1-4H3,(H,15,21)(H,19,20). The summed E-state index contributed by atoms with van der Waals surface area (Å²) in [5.41, 5.74) is 0. The van der Waals surface area contributed by atoms with Crippen LogP contribution in [0, 0.1) is 5.92 Å². The van der Waals surface area contributed by atoms with E-state index in [1.165, 1.54) is 0 Å². The van der Waals surface area contributed by atoms with E-state index in [9.17, 15) is 9.59 Å². The molecule has 21 heavy (non-hydrogen) atoms. The SMILES string of the molecule is CC(C)C(NC(=O)N1CCN(CCN(C)C)CC1)C(=O)O. The number of aliphatic carboxylic acids is 1.